The van der Waals surface area contributed by atoms with Crippen LogP contribution in [0, 0.1) is 17.8 Å². The minimum Gasteiger partial charge on any atom is -0.344 e. The van der Waals surface area contributed by atoms with E-state index in [9.17, 15) is 18.0 Å². The van der Waals surface area contributed by atoms with Crippen molar-refractivity contribution in [1.29, 1.82) is 0 Å². The van der Waals surface area contributed by atoms with E-state index >= 15 is 0 Å². The van der Waals surface area contributed by atoms with Crippen LogP contribution < -0.4 is 5.32 Å². The molecule has 4 nitrogen and oxygen atoms in total. The predicted octanol–water partition coefficient (Wildman–Crippen LogP) is 5.94. The first-order chi connectivity index (χ1) is 15.8. The average Bonchev–Trinajstić information content (AvgIpc) is 3.49. The fourth-order valence-electron chi connectivity index (χ4n) is 7.11. The van der Waals surface area contributed by atoms with Crippen molar-refractivity contribution in [3.63, 3.8) is 0 Å². The molecule has 33 heavy (non-hydrogen) atoms. The molecule has 178 valence electrons. The molecule has 1 saturated heterocycles. The molecule has 1 atom stereocenters. The van der Waals surface area contributed by atoms with Crippen molar-refractivity contribution in [2.75, 3.05) is 11.1 Å². The summed E-state index contributed by atoms with van der Waals surface area (Å²) in [5.74, 6) is 3.26. The molecule has 8 heteroatoms. The maximum atomic E-state index is 12.8. The van der Waals surface area contributed by atoms with Crippen LogP contribution in [-0.4, -0.2) is 39.4 Å². The van der Waals surface area contributed by atoms with E-state index in [0.717, 1.165) is 53.6 Å². The molecule has 1 amide bonds. The molecule has 1 N–H and O–H groups in total. The van der Waals surface area contributed by atoms with E-state index in [1.807, 2.05) is 0 Å². The molecule has 0 spiro atoms. The number of hydrogen-bond acceptors (Lipinski definition) is 3. The van der Waals surface area contributed by atoms with Crippen LogP contribution in [0.5, 0.6) is 0 Å². The zero-order valence-electron chi connectivity index (χ0n) is 18.6. The Morgan fingerprint density at radius 2 is 1.67 bits per heavy atom. The van der Waals surface area contributed by atoms with Gasteiger partial charge in [-0.1, -0.05) is 11.8 Å². The summed E-state index contributed by atoms with van der Waals surface area (Å²) in [6.07, 6.45) is 6.17. The molecular formula is C25H30F3N3OS. The number of hydrogen-bond donors (Lipinski definition) is 1. The van der Waals surface area contributed by atoms with Gasteiger partial charge in [0.2, 0.25) is 5.91 Å². The second kappa shape index (κ2) is 7.92. The van der Waals surface area contributed by atoms with Crippen molar-refractivity contribution in [3.05, 3.63) is 29.8 Å². The van der Waals surface area contributed by atoms with E-state index in [2.05, 4.69) is 10.2 Å². The van der Waals surface area contributed by atoms with Gasteiger partial charge >= 0.3 is 6.18 Å². The lowest BCUT2D eigenvalue weighted by Gasteiger charge is -2.55. The first-order valence-corrected chi connectivity index (χ1v) is 13.2. The Labute approximate surface area is 196 Å². The molecule has 7 rings (SSSR count). The van der Waals surface area contributed by atoms with E-state index in [-0.39, 0.29) is 17.5 Å². The molecule has 4 bridgehead atoms. The third-order valence-electron chi connectivity index (χ3n) is 8.22. The third-order valence-corrected chi connectivity index (χ3v) is 9.33. The Bertz CT molecular complexity index is 921. The number of carbonyl (C=O) groups excluding carboxylic acids is 1. The molecule has 5 saturated carbocycles. The summed E-state index contributed by atoms with van der Waals surface area (Å²) in [6, 6.07) is 5.24. The number of amides is 1. The molecule has 5 aliphatic carbocycles. The maximum Gasteiger partial charge on any atom is 0.416 e. The molecular weight excluding hydrogens is 447 g/mol. The zero-order valence-corrected chi connectivity index (χ0v) is 19.4. The van der Waals surface area contributed by atoms with Gasteiger partial charge in [-0.2, -0.15) is 13.2 Å². The van der Waals surface area contributed by atoms with Crippen molar-refractivity contribution in [2.45, 2.75) is 81.6 Å². The summed E-state index contributed by atoms with van der Waals surface area (Å²) < 4.78 is 38.3. The quantitative estimate of drug-likeness (QED) is 0.571. The van der Waals surface area contributed by atoms with E-state index in [4.69, 9.17) is 4.99 Å². The molecule has 0 aromatic heterocycles. The SMILES string of the molecule is O=C(CC1CSC(=NC23CC4CC(CC(C4)C2)C3)N1C1CC1)Nc1ccc(C(F)(F)F)cc1. The standard InChI is InChI=1S/C25H30F3N3OS/c26-25(27,28)18-1-3-19(4-2-18)29-22(32)10-21-14-33-23(31(21)20-5-6-20)30-24-11-15-7-16(12-24)9-17(8-15)13-24/h1-4,15-17,20-21H,5-14H2,(H,29,32). The van der Waals surface area contributed by atoms with Crippen molar-refractivity contribution in [1.82, 2.24) is 4.90 Å². The largest absolute Gasteiger partial charge is 0.416 e. The summed E-state index contributed by atoms with van der Waals surface area (Å²) >= 11 is 1.80. The number of nitrogens with zero attached hydrogens (tertiary/aromatic N) is 2. The van der Waals surface area contributed by atoms with Crippen LogP contribution in [0.3, 0.4) is 0 Å². The highest BCUT2D eigenvalue weighted by atomic mass is 32.2. The number of alkyl halides is 3. The van der Waals surface area contributed by atoms with Gasteiger partial charge < -0.3 is 10.2 Å². The van der Waals surface area contributed by atoms with Gasteiger partial charge in [0.1, 0.15) is 0 Å². The van der Waals surface area contributed by atoms with Crippen molar-refractivity contribution in [3.8, 4) is 0 Å². The molecule has 0 radical (unpaired) electrons. The highest BCUT2D eigenvalue weighted by molar-refractivity contribution is 8.14. The summed E-state index contributed by atoms with van der Waals surface area (Å²) in [6.45, 7) is 0. The Kier molecular flexibility index (Phi) is 5.24. The van der Waals surface area contributed by atoms with E-state index < -0.39 is 11.7 Å². The molecule has 6 fully saturated rings. The van der Waals surface area contributed by atoms with Gasteiger partial charge in [-0.15, -0.1) is 0 Å². The lowest BCUT2D eigenvalue weighted by Crippen LogP contribution is -2.50. The summed E-state index contributed by atoms with van der Waals surface area (Å²) in [7, 11) is 0. The zero-order chi connectivity index (χ0) is 22.8. The van der Waals surface area contributed by atoms with Gasteiger partial charge in [-0.05, 0) is 93.4 Å². The van der Waals surface area contributed by atoms with Gasteiger partial charge in [-0.25, -0.2) is 0 Å². The second-order valence-corrected chi connectivity index (χ2v) is 12.0. The highest BCUT2D eigenvalue weighted by Gasteiger charge is 2.52. The van der Waals surface area contributed by atoms with Gasteiger partial charge in [0.05, 0.1) is 11.1 Å². The first kappa shape index (κ1) is 21.8. The molecule has 1 aromatic rings. The number of rotatable bonds is 5. The third kappa shape index (κ3) is 4.40. The second-order valence-electron chi connectivity index (χ2n) is 11.0. The van der Waals surface area contributed by atoms with E-state index in [1.165, 1.54) is 50.7 Å². The Balaban J connectivity index is 1.13. The minimum absolute atomic E-state index is 0.101. The molecule has 1 unspecified atom stereocenters. The van der Waals surface area contributed by atoms with Crippen LogP contribution in [0.4, 0.5) is 18.9 Å². The summed E-state index contributed by atoms with van der Waals surface area (Å²) in [5, 5.41) is 3.93. The molecule has 1 aromatic carbocycles. The lowest BCUT2D eigenvalue weighted by molar-refractivity contribution is -0.137. The van der Waals surface area contributed by atoms with Gasteiger partial charge in [0.15, 0.2) is 5.17 Å². The monoisotopic (exact) mass is 477 g/mol. The number of nitrogens with one attached hydrogen (secondary N) is 1. The average molecular weight is 478 g/mol. The Morgan fingerprint density at radius 3 is 2.21 bits per heavy atom. The smallest absolute Gasteiger partial charge is 0.344 e. The molecule has 1 aliphatic heterocycles. The Hall–Kier alpha value is -1.70. The number of benzene rings is 1. The molecule has 6 aliphatic rings. The first-order valence-electron chi connectivity index (χ1n) is 12.2. The van der Waals surface area contributed by atoms with Gasteiger partial charge in [0, 0.05) is 29.9 Å². The minimum atomic E-state index is -4.37. The maximum absolute atomic E-state index is 12.8. The normalized spacial score (nSPS) is 36.6. The summed E-state index contributed by atoms with van der Waals surface area (Å²) in [4.78, 5) is 20.6. The number of amidine groups is 1. The van der Waals surface area contributed by atoms with Gasteiger partial charge in [0.25, 0.3) is 0 Å². The fourth-order valence-corrected chi connectivity index (χ4v) is 8.43. The number of thioether (sulfide) groups is 1. The van der Waals surface area contributed by atoms with Crippen LogP contribution in [-0.2, 0) is 11.0 Å². The van der Waals surface area contributed by atoms with Crippen molar-refractivity contribution < 1.29 is 18.0 Å². The predicted molar refractivity (Wildman–Crippen MR) is 124 cm³/mol. The van der Waals surface area contributed by atoms with Crippen LogP contribution in [0.1, 0.15) is 63.4 Å². The number of anilines is 1. The highest BCUT2D eigenvalue weighted by Crippen LogP contribution is 2.57. The number of halogens is 3. The Morgan fingerprint density at radius 1 is 1.06 bits per heavy atom. The fraction of sp³-hybridized carbons (Fsp3) is 0.680. The number of aliphatic imine (C=N–C) groups is 1. The van der Waals surface area contributed by atoms with Crippen molar-refractivity contribution >= 4 is 28.5 Å². The number of carbonyl (C=O) groups is 1. The van der Waals surface area contributed by atoms with E-state index in [0.29, 0.717) is 18.2 Å². The van der Waals surface area contributed by atoms with E-state index in [1.54, 1.807) is 11.8 Å². The van der Waals surface area contributed by atoms with Crippen LogP contribution in [0.25, 0.3) is 0 Å². The van der Waals surface area contributed by atoms with Gasteiger partial charge in [-0.3, -0.25) is 9.79 Å². The topological polar surface area (TPSA) is 44.7 Å². The van der Waals surface area contributed by atoms with Crippen LogP contribution >= 0.6 is 11.8 Å². The van der Waals surface area contributed by atoms with Crippen LogP contribution in [0.15, 0.2) is 29.3 Å². The van der Waals surface area contributed by atoms with Crippen LogP contribution in [0.2, 0.25) is 0 Å². The van der Waals surface area contributed by atoms with Crippen molar-refractivity contribution in [2.24, 2.45) is 22.7 Å². The molecule has 1 heterocycles. The lowest BCUT2D eigenvalue weighted by atomic mass is 9.53. The summed E-state index contributed by atoms with van der Waals surface area (Å²) in [5.41, 5.74) is -0.182.